The Hall–Kier alpha value is -3.28. The van der Waals surface area contributed by atoms with E-state index in [0.29, 0.717) is 16.7 Å². The number of hydrogen-bond acceptors (Lipinski definition) is 6. The van der Waals surface area contributed by atoms with Crippen molar-refractivity contribution in [3.05, 3.63) is 48.7 Å². The molecule has 2 aromatic carbocycles. The average molecular weight is 322 g/mol. The Morgan fingerprint density at radius 3 is 2.17 bits per heavy atom. The van der Waals surface area contributed by atoms with Crippen LogP contribution in [0.3, 0.4) is 0 Å². The van der Waals surface area contributed by atoms with Crippen molar-refractivity contribution in [1.29, 1.82) is 0 Å². The molecule has 0 saturated carbocycles. The van der Waals surface area contributed by atoms with Crippen LogP contribution in [-0.4, -0.2) is 21.9 Å². The van der Waals surface area contributed by atoms with Crippen LogP contribution in [0.4, 0.5) is 0 Å². The Balaban J connectivity index is 2.12. The molecule has 0 amide bonds. The first-order valence-electron chi connectivity index (χ1n) is 7.26. The van der Waals surface area contributed by atoms with Crippen molar-refractivity contribution < 1.29 is 19.1 Å². The number of esters is 2. The summed E-state index contributed by atoms with van der Waals surface area (Å²) in [6, 6.07) is 12.7. The first-order valence-corrected chi connectivity index (χ1v) is 7.26. The lowest BCUT2D eigenvalue weighted by atomic mass is 10.2. The van der Waals surface area contributed by atoms with Crippen molar-refractivity contribution in [2.24, 2.45) is 0 Å². The molecule has 0 atom stereocenters. The summed E-state index contributed by atoms with van der Waals surface area (Å²) >= 11 is 0. The van der Waals surface area contributed by atoms with Crippen molar-refractivity contribution in [2.45, 2.75) is 13.8 Å². The second-order valence-electron chi connectivity index (χ2n) is 5.10. The molecule has 1 heterocycles. The van der Waals surface area contributed by atoms with Gasteiger partial charge in [0.2, 0.25) is 0 Å². The SMILES string of the molecule is CC(=O)Oc1cc2cnc(-c3ccccc3)nc2cc1OC(C)=O. The Kier molecular flexibility index (Phi) is 4.20. The second-order valence-corrected chi connectivity index (χ2v) is 5.10. The predicted octanol–water partition coefficient (Wildman–Crippen LogP) is 3.15. The highest BCUT2D eigenvalue weighted by Gasteiger charge is 2.14. The van der Waals surface area contributed by atoms with E-state index in [1.807, 2.05) is 30.3 Å². The zero-order valence-electron chi connectivity index (χ0n) is 13.1. The summed E-state index contributed by atoms with van der Waals surface area (Å²) in [7, 11) is 0. The number of fused-ring (bicyclic) bond motifs is 1. The molecule has 3 rings (SSSR count). The Bertz CT molecular complexity index is 923. The molecule has 0 N–H and O–H groups in total. The van der Waals surface area contributed by atoms with Crippen LogP contribution >= 0.6 is 0 Å². The van der Waals surface area contributed by atoms with Gasteiger partial charge < -0.3 is 9.47 Å². The van der Waals surface area contributed by atoms with Crippen LogP contribution < -0.4 is 9.47 Å². The maximum atomic E-state index is 11.3. The van der Waals surface area contributed by atoms with E-state index in [0.717, 1.165) is 5.56 Å². The monoisotopic (exact) mass is 322 g/mol. The quantitative estimate of drug-likeness (QED) is 0.544. The lowest BCUT2D eigenvalue weighted by molar-refractivity contribution is -0.134. The van der Waals surface area contributed by atoms with Gasteiger partial charge >= 0.3 is 11.9 Å². The van der Waals surface area contributed by atoms with E-state index in [1.54, 1.807) is 18.3 Å². The molecule has 1 aromatic heterocycles. The summed E-state index contributed by atoms with van der Waals surface area (Å²) in [5.74, 6) is -0.175. The van der Waals surface area contributed by atoms with Gasteiger partial charge in [0.1, 0.15) is 0 Å². The topological polar surface area (TPSA) is 78.4 Å². The van der Waals surface area contributed by atoms with Crippen LogP contribution in [0.25, 0.3) is 22.3 Å². The standard InChI is InChI=1S/C18H14N2O4/c1-11(21)23-16-8-14-10-19-18(13-6-4-3-5-7-13)20-15(14)9-17(16)24-12(2)22/h3-10H,1-2H3. The predicted molar refractivity (Wildman–Crippen MR) is 87.6 cm³/mol. The van der Waals surface area contributed by atoms with Gasteiger partial charge in [-0.3, -0.25) is 9.59 Å². The molecule has 0 aliphatic carbocycles. The molecule has 0 unspecified atom stereocenters. The molecular formula is C18H14N2O4. The fourth-order valence-corrected chi connectivity index (χ4v) is 2.23. The van der Waals surface area contributed by atoms with Gasteiger partial charge in [-0.25, -0.2) is 9.97 Å². The van der Waals surface area contributed by atoms with Crippen molar-refractivity contribution in [3.8, 4) is 22.9 Å². The minimum atomic E-state index is -0.514. The van der Waals surface area contributed by atoms with Crippen molar-refractivity contribution >= 4 is 22.8 Å². The first-order chi connectivity index (χ1) is 11.5. The number of carbonyl (C=O) groups excluding carboxylic acids is 2. The third-order valence-electron chi connectivity index (χ3n) is 3.18. The fourth-order valence-electron chi connectivity index (χ4n) is 2.23. The van der Waals surface area contributed by atoms with Gasteiger partial charge in [-0.15, -0.1) is 0 Å². The lowest BCUT2D eigenvalue weighted by Crippen LogP contribution is -2.07. The minimum Gasteiger partial charge on any atom is -0.423 e. The van der Waals surface area contributed by atoms with Gasteiger partial charge in [0.25, 0.3) is 0 Å². The van der Waals surface area contributed by atoms with E-state index >= 15 is 0 Å². The van der Waals surface area contributed by atoms with Crippen LogP contribution in [0.1, 0.15) is 13.8 Å². The van der Waals surface area contributed by atoms with Gasteiger partial charge in [0.05, 0.1) is 5.52 Å². The summed E-state index contributed by atoms with van der Waals surface area (Å²) in [6.45, 7) is 2.55. The molecule has 6 heteroatoms. The van der Waals surface area contributed by atoms with Gasteiger partial charge in [-0.1, -0.05) is 30.3 Å². The second kappa shape index (κ2) is 6.45. The fraction of sp³-hybridized carbons (Fsp3) is 0.111. The highest BCUT2D eigenvalue weighted by atomic mass is 16.6. The van der Waals surface area contributed by atoms with E-state index in [4.69, 9.17) is 9.47 Å². The van der Waals surface area contributed by atoms with E-state index in [1.165, 1.54) is 13.8 Å². The zero-order valence-corrected chi connectivity index (χ0v) is 13.1. The van der Waals surface area contributed by atoms with Gasteiger partial charge in [-0.2, -0.15) is 0 Å². The number of ether oxygens (including phenoxy) is 2. The van der Waals surface area contributed by atoms with E-state index < -0.39 is 11.9 Å². The van der Waals surface area contributed by atoms with E-state index in [9.17, 15) is 9.59 Å². The summed E-state index contributed by atoms with van der Waals surface area (Å²) < 4.78 is 10.2. The third kappa shape index (κ3) is 3.38. The maximum absolute atomic E-state index is 11.3. The highest BCUT2D eigenvalue weighted by molar-refractivity contribution is 5.86. The summed E-state index contributed by atoms with van der Waals surface area (Å²) in [5.41, 5.74) is 1.45. The van der Waals surface area contributed by atoms with Gasteiger partial charge in [0.15, 0.2) is 17.3 Å². The summed E-state index contributed by atoms with van der Waals surface area (Å²) in [6.07, 6.45) is 1.63. The first kappa shape index (κ1) is 15.6. The Labute approximate surface area is 138 Å². The van der Waals surface area contributed by atoms with Crippen molar-refractivity contribution in [1.82, 2.24) is 9.97 Å². The van der Waals surface area contributed by atoms with E-state index in [2.05, 4.69) is 9.97 Å². The lowest BCUT2D eigenvalue weighted by Gasteiger charge is -2.10. The van der Waals surface area contributed by atoms with Gasteiger partial charge in [-0.05, 0) is 6.07 Å². The number of aromatic nitrogens is 2. The van der Waals surface area contributed by atoms with Crippen LogP contribution in [-0.2, 0) is 9.59 Å². The van der Waals surface area contributed by atoms with Crippen molar-refractivity contribution in [2.75, 3.05) is 0 Å². The molecule has 6 nitrogen and oxygen atoms in total. The zero-order chi connectivity index (χ0) is 17.1. The number of carbonyl (C=O) groups is 2. The van der Waals surface area contributed by atoms with Crippen LogP contribution in [0.15, 0.2) is 48.7 Å². The molecule has 24 heavy (non-hydrogen) atoms. The molecule has 0 bridgehead atoms. The summed E-state index contributed by atoms with van der Waals surface area (Å²) in [4.78, 5) is 31.3. The van der Waals surface area contributed by atoms with Crippen LogP contribution in [0, 0.1) is 0 Å². The molecule has 0 saturated heterocycles. The number of benzene rings is 2. The normalized spacial score (nSPS) is 10.4. The molecule has 0 aliphatic heterocycles. The third-order valence-corrected chi connectivity index (χ3v) is 3.18. The van der Waals surface area contributed by atoms with Crippen molar-refractivity contribution in [3.63, 3.8) is 0 Å². The molecule has 0 fully saturated rings. The molecule has 3 aromatic rings. The van der Waals surface area contributed by atoms with Gasteiger partial charge in [0, 0.05) is 37.1 Å². The minimum absolute atomic E-state index is 0.142. The van der Waals surface area contributed by atoms with Crippen LogP contribution in [0.5, 0.6) is 11.5 Å². The van der Waals surface area contributed by atoms with Crippen LogP contribution in [0.2, 0.25) is 0 Å². The molecule has 0 radical (unpaired) electrons. The molecule has 120 valence electrons. The number of nitrogens with zero attached hydrogens (tertiary/aromatic N) is 2. The largest absolute Gasteiger partial charge is 0.423 e. The molecular weight excluding hydrogens is 308 g/mol. The van der Waals surface area contributed by atoms with E-state index in [-0.39, 0.29) is 11.5 Å². The maximum Gasteiger partial charge on any atom is 0.308 e. The average Bonchev–Trinajstić information content (AvgIpc) is 2.55. The smallest absolute Gasteiger partial charge is 0.308 e. The number of hydrogen-bond donors (Lipinski definition) is 0. The Morgan fingerprint density at radius 2 is 1.54 bits per heavy atom. The highest BCUT2D eigenvalue weighted by Crippen LogP contribution is 2.32. The Morgan fingerprint density at radius 1 is 0.917 bits per heavy atom. The molecule has 0 aliphatic rings. The molecule has 0 spiro atoms. The summed E-state index contributed by atoms with van der Waals surface area (Å²) in [5, 5.41) is 0.668. The number of rotatable bonds is 3.